The van der Waals surface area contributed by atoms with Crippen molar-refractivity contribution in [3.63, 3.8) is 0 Å². The number of carboxylic acid groups (broad SMARTS) is 1. The first-order valence-electron chi connectivity index (χ1n) is 7.06. The third kappa shape index (κ3) is 3.18. The second-order valence-electron chi connectivity index (χ2n) is 5.68. The van der Waals surface area contributed by atoms with Crippen molar-refractivity contribution in [2.45, 2.75) is 46.1 Å². The highest BCUT2D eigenvalue weighted by molar-refractivity contribution is 7.10. The summed E-state index contributed by atoms with van der Waals surface area (Å²) in [4.78, 5) is 15.4. The lowest BCUT2D eigenvalue weighted by Gasteiger charge is -2.39. The first-order valence-corrected chi connectivity index (χ1v) is 7.94. The van der Waals surface area contributed by atoms with Gasteiger partial charge in [-0.1, -0.05) is 13.3 Å². The minimum atomic E-state index is -0.609. The molecule has 1 aromatic heterocycles. The quantitative estimate of drug-likeness (QED) is 0.897. The molecule has 0 amide bonds. The maximum absolute atomic E-state index is 11.7. The minimum absolute atomic E-state index is 0.516. The third-order valence-electron chi connectivity index (χ3n) is 4.17. The van der Waals surface area contributed by atoms with Gasteiger partial charge < -0.3 is 5.11 Å². The first-order chi connectivity index (χ1) is 9.07. The van der Waals surface area contributed by atoms with E-state index in [0.717, 1.165) is 38.8 Å². The van der Waals surface area contributed by atoms with Crippen LogP contribution in [0.3, 0.4) is 0 Å². The van der Waals surface area contributed by atoms with Gasteiger partial charge in [0.2, 0.25) is 0 Å². The molecule has 1 unspecified atom stereocenters. The largest absolute Gasteiger partial charge is 0.481 e. The van der Waals surface area contributed by atoms with E-state index in [2.05, 4.69) is 30.2 Å². The Bertz CT molecular complexity index is 439. The lowest BCUT2D eigenvalue weighted by Crippen LogP contribution is -2.47. The smallest absolute Gasteiger partial charge is 0.310 e. The van der Waals surface area contributed by atoms with Gasteiger partial charge in [0.05, 0.1) is 5.41 Å². The van der Waals surface area contributed by atoms with Crippen LogP contribution in [0.2, 0.25) is 0 Å². The van der Waals surface area contributed by atoms with E-state index in [1.54, 1.807) is 11.3 Å². The Morgan fingerprint density at radius 2 is 2.37 bits per heavy atom. The molecule has 0 spiro atoms. The van der Waals surface area contributed by atoms with Crippen LogP contribution in [0.5, 0.6) is 0 Å². The van der Waals surface area contributed by atoms with E-state index in [1.165, 1.54) is 10.4 Å². The highest BCUT2D eigenvalue weighted by Gasteiger charge is 2.41. The van der Waals surface area contributed by atoms with Crippen LogP contribution >= 0.6 is 11.3 Å². The summed E-state index contributed by atoms with van der Waals surface area (Å²) in [5, 5.41) is 11.7. The van der Waals surface area contributed by atoms with E-state index in [0.29, 0.717) is 6.54 Å². The number of hydrogen-bond acceptors (Lipinski definition) is 3. The molecular formula is C15H23NO2S. The van der Waals surface area contributed by atoms with Gasteiger partial charge in [-0.25, -0.2) is 0 Å². The fraction of sp³-hybridized carbons (Fsp3) is 0.667. The maximum Gasteiger partial charge on any atom is 0.310 e. The number of carboxylic acids is 1. The van der Waals surface area contributed by atoms with Gasteiger partial charge in [0, 0.05) is 18.0 Å². The Balaban J connectivity index is 2.07. The Labute approximate surface area is 119 Å². The first kappa shape index (κ1) is 14.5. The average Bonchev–Trinajstić information content (AvgIpc) is 2.76. The molecule has 1 saturated heterocycles. The number of piperidine rings is 1. The molecule has 1 aromatic rings. The van der Waals surface area contributed by atoms with Crippen molar-refractivity contribution in [2.24, 2.45) is 5.41 Å². The van der Waals surface area contributed by atoms with Crippen LogP contribution in [0, 0.1) is 12.3 Å². The molecule has 1 N–H and O–H groups in total. The number of nitrogens with zero attached hydrogens (tertiary/aromatic N) is 1. The number of rotatable bonds is 5. The van der Waals surface area contributed by atoms with Crippen LogP contribution < -0.4 is 0 Å². The Hall–Kier alpha value is -0.870. The van der Waals surface area contributed by atoms with E-state index in [1.807, 2.05) is 0 Å². The van der Waals surface area contributed by atoms with Crippen molar-refractivity contribution in [1.82, 2.24) is 4.90 Å². The zero-order valence-electron chi connectivity index (χ0n) is 11.8. The Kier molecular flexibility index (Phi) is 4.63. The summed E-state index contributed by atoms with van der Waals surface area (Å²) in [6.07, 6.45) is 3.56. The third-order valence-corrected chi connectivity index (χ3v) is 5.18. The number of aryl methyl sites for hydroxylation is 1. The van der Waals surface area contributed by atoms with Crippen LogP contribution in [0.1, 0.15) is 43.0 Å². The van der Waals surface area contributed by atoms with Gasteiger partial charge in [0.15, 0.2) is 0 Å². The molecule has 4 heteroatoms. The van der Waals surface area contributed by atoms with E-state index < -0.39 is 11.4 Å². The average molecular weight is 281 g/mol. The second-order valence-corrected chi connectivity index (χ2v) is 6.68. The van der Waals surface area contributed by atoms with Gasteiger partial charge in [0.1, 0.15) is 0 Å². The normalized spacial score (nSPS) is 24.5. The van der Waals surface area contributed by atoms with Crippen LogP contribution in [-0.2, 0) is 11.3 Å². The van der Waals surface area contributed by atoms with Gasteiger partial charge >= 0.3 is 5.97 Å². The molecule has 0 bridgehead atoms. The summed E-state index contributed by atoms with van der Waals surface area (Å²) >= 11 is 1.78. The SMILES string of the molecule is CCCC1(C(=O)O)CCCN(Cc2sccc2C)C1. The molecule has 0 radical (unpaired) electrons. The van der Waals surface area contributed by atoms with Crippen molar-refractivity contribution in [1.29, 1.82) is 0 Å². The highest BCUT2D eigenvalue weighted by atomic mass is 32.1. The molecule has 19 heavy (non-hydrogen) atoms. The van der Waals surface area contributed by atoms with Crippen LogP contribution in [0.15, 0.2) is 11.4 Å². The zero-order valence-corrected chi connectivity index (χ0v) is 12.6. The van der Waals surface area contributed by atoms with E-state index >= 15 is 0 Å². The summed E-state index contributed by atoms with van der Waals surface area (Å²) < 4.78 is 0. The van der Waals surface area contributed by atoms with Gasteiger partial charge in [0.25, 0.3) is 0 Å². The van der Waals surface area contributed by atoms with Crippen molar-refractivity contribution >= 4 is 17.3 Å². The lowest BCUT2D eigenvalue weighted by molar-refractivity contribution is -0.153. The summed E-state index contributed by atoms with van der Waals surface area (Å²) in [5.74, 6) is -0.609. The number of thiophene rings is 1. The number of hydrogen-bond donors (Lipinski definition) is 1. The maximum atomic E-state index is 11.7. The fourth-order valence-electron chi connectivity index (χ4n) is 3.10. The molecule has 106 valence electrons. The van der Waals surface area contributed by atoms with Crippen molar-refractivity contribution < 1.29 is 9.90 Å². The summed E-state index contributed by atoms with van der Waals surface area (Å²) in [7, 11) is 0. The standard InChI is InChI=1S/C15H23NO2S/c1-3-6-15(14(17)18)7-4-8-16(11-15)10-13-12(2)5-9-19-13/h5,9H,3-4,6-8,10-11H2,1-2H3,(H,17,18). The van der Waals surface area contributed by atoms with Gasteiger partial charge in [-0.3, -0.25) is 9.69 Å². The van der Waals surface area contributed by atoms with Crippen molar-refractivity contribution in [3.8, 4) is 0 Å². The van der Waals surface area contributed by atoms with Gasteiger partial charge in [-0.2, -0.15) is 0 Å². The number of carbonyl (C=O) groups is 1. The van der Waals surface area contributed by atoms with E-state index in [4.69, 9.17) is 0 Å². The molecule has 1 aliphatic rings. The van der Waals surface area contributed by atoms with Crippen LogP contribution in [0.25, 0.3) is 0 Å². The highest BCUT2D eigenvalue weighted by Crippen LogP contribution is 2.36. The van der Waals surface area contributed by atoms with Crippen LogP contribution in [0.4, 0.5) is 0 Å². The van der Waals surface area contributed by atoms with E-state index in [-0.39, 0.29) is 0 Å². The van der Waals surface area contributed by atoms with Gasteiger partial charge in [-0.15, -0.1) is 11.3 Å². The molecule has 0 aliphatic carbocycles. The molecule has 2 heterocycles. The Morgan fingerprint density at radius 1 is 1.58 bits per heavy atom. The summed E-state index contributed by atoms with van der Waals surface area (Å²) in [6.45, 7) is 6.84. The molecule has 0 aromatic carbocycles. The van der Waals surface area contributed by atoms with Crippen molar-refractivity contribution in [3.05, 3.63) is 21.9 Å². The molecule has 1 atom stereocenters. The van der Waals surface area contributed by atoms with E-state index in [9.17, 15) is 9.90 Å². The predicted molar refractivity (Wildman–Crippen MR) is 78.5 cm³/mol. The Morgan fingerprint density at radius 3 is 2.95 bits per heavy atom. The lowest BCUT2D eigenvalue weighted by atomic mass is 9.76. The van der Waals surface area contributed by atoms with Crippen molar-refractivity contribution in [2.75, 3.05) is 13.1 Å². The molecule has 2 rings (SSSR count). The van der Waals surface area contributed by atoms with Crippen LogP contribution in [-0.4, -0.2) is 29.1 Å². The fourth-order valence-corrected chi connectivity index (χ4v) is 4.04. The minimum Gasteiger partial charge on any atom is -0.481 e. The molecule has 0 saturated carbocycles. The molecule has 1 fully saturated rings. The molecular weight excluding hydrogens is 258 g/mol. The summed E-state index contributed by atoms with van der Waals surface area (Å²) in [6, 6.07) is 2.14. The number of likely N-dealkylation sites (tertiary alicyclic amines) is 1. The predicted octanol–water partition coefficient (Wildman–Crippen LogP) is 3.52. The topological polar surface area (TPSA) is 40.5 Å². The second kappa shape index (κ2) is 6.06. The number of aliphatic carboxylic acids is 1. The summed E-state index contributed by atoms with van der Waals surface area (Å²) in [5.41, 5.74) is 0.810. The molecule has 1 aliphatic heterocycles. The zero-order chi connectivity index (χ0) is 13.9. The van der Waals surface area contributed by atoms with Gasteiger partial charge in [-0.05, 0) is 49.7 Å². The monoisotopic (exact) mass is 281 g/mol. The molecule has 3 nitrogen and oxygen atoms in total.